The summed E-state index contributed by atoms with van der Waals surface area (Å²) in [7, 11) is 0. The third-order valence-corrected chi connectivity index (χ3v) is 5.15. The molecule has 2 rings (SSSR count). The van der Waals surface area contributed by atoms with Crippen LogP contribution in [0.4, 0.5) is 0 Å². The van der Waals surface area contributed by atoms with Gasteiger partial charge >= 0.3 is 94.4 Å². The molecular formula is C13H13OSe. The molecule has 0 aliphatic heterocycles. The number of benzene rings is 2. The predicted octanol–water partition coefficient (Wildman–Crippen LogP) is 1.66. The Bertz CT molecular complexity index is 399. The first kappa shape index (κ1) is 10.4. The Hall–Kier alpha value is -1.08. The molecule has 1 N–H and O–H groups in total. The van der Waals surface area contributed by atoms with Crippen molar-refractivity contribution >= 4 is 18.7 Å². The standard InChI is InChI=1S/C13H13OSe/c14-15(13-9-5-2-6-10-13)11-12-7-3-1-4-8-12/h1-10,14H,11H2. The molecule has 1 nitrogen and oxygen atoms in total. The summed E-state index contributed by atoms with van der Waals surface area (Å²) in [5.74, 6) is 0. The normalized spacial score (nSPS) is 10.5. The van der Waals surface area contributed by atoms with Gasteiger partial charge in [-0.2, -0.15) is 0 Å². The topological polar surface area (TPSA) is 20.2 Å². The fraction of sp³-hybridized carbons (Fsp3) is 0.0769. The van der Waals surface area contributed by atoms with Gasteiger partial charge in [0.1, 0.15) is 0 Å². The van der Waals surface area contributed by atoms with E-state index < -0.39 is 14.2 Å². The second-order valence-electron chi connectivity index (χ2n) is 3.31. The Balaban J connectivity index is 2.08. The fourth-order valence-electron chi connectivity index (χ4n) is 1.39. The van der Waals surface area contributed by atoms with E-state index in [0.29, 0.717) is 0 Å². The molecule has 0 saturated carbocycles. The van der Waals surface area contributed by atoms with Gasteiger partial charge in [0.25, 0.3) is 0 Å². The first-order valence-corrected chi connectivity index (χ1v) is 7.68. The van der Waals surface area contributed by atoms with Crippen molar-refractivity contribution in [2.75, 3.05) is 0 Å². The molecule has 77 valence electrons. The van der Waals surface area contributed by atoms with Gasteiger partial charge in [-0.25, -0.2) is 0 Å². The molecule has 2 heteroatoms. The number of rotatable bonds is 3. The van der Waals surface area contributed by atoms with Crippen LogP contribution in [0.2, 0.25) is 0 Å². The Kier molecular flexibility index (Phi) is 3.57. The van der Waals surface area contributed by atoms with Crippen LogP contribution in [0.15, 0.2) is 60.7 Å². The van der Waals surface area contributed by atoms with Crippen molar-refractivity contribution in [2.24, 2.45) is 0 Å². The van der Waals surface area contributed by atoms with Crippen LogP contribution in [-0.2, 0) is 5.32 Å². The molecule has 15 heavy (non-hydrogen) atoms. The molecule has 0 spiro atoms. The first-order chi connectivity index (χ1) is 7.36. The van der Waals surface area contributed by atoms with Crippen molar-refractivity contribution in [3.63, 3.8) is 0 Å². The van der Waals surface area contributed by atoms with E-state index in [4.69, 9.17) is 0 Å². The SMILES string of the molecule is O[Se](Cc1ccccc1)c1ccccc1. The van der Waals surface area contributed by atoms with E-state index in [1.54, 1.807) is 0 Å². The van der Waals surface area contributed by atoms with Crippen LogP contribution in [0.1, 0.15) is 5.56 Å². The van der Waals surface area contributed by atoms with Crippen LogP contribution in [-0.4, -0.2) is 18.4 Å². The van der Waals surface area contributed by atoms with Gasteiger partial charge in [0.2, 0.25) is 0 Å². The van der Waals surface area contributed by atoms with Gasteiger partial charge in [0.05, 0.1) is 0 Å². The zero-order valence-electron chi connectivity index (χ0n) is 8.34. The van der Waals surface area contributed by atoms with Gasteiger partial charge in [0.15, 0.2) is 0 Å². The molecule has 0 aliphatic carbocycles. The van der Waals surface area contributed by atoms with E-state index in [-0.39, 0.29) is 0 Å². The van der Waals surface area contributed by atoms with Gasteiger partial charge in [0, 0.05) is 0 Å². The monoisotopic (exact) mass is 265 g/mol. The number of hydrogen-bond acceptors (Lipinski definition) is 1. The molecule has 2 aromatic carbocycles. The molecular weight excluding hydrogens is 251 g/mol. The molecule has 0 heterocycles. The van der Waals surface area contributed by atoms with Crippen LogP contribution in [0.3, 0.4) is 0 Å². The molecule has 0 fully saturated rings. The van der Waals surface area contributed by atoms with E-state index in [1.807, 2.05) is 48.5 Å². The molecule has 0 saturated heterocycles. The van der Waals surface area contributed by atoms with E-state index in [1.165, 1.54) is 5.56 Å². The molecule has 0 unspecified atom stereocenters. The maximum atomic E-state index is 10.1. The molecule has 0 bridgehead atoms. The third-order valence-electron chi connectivity index (χ3n) is 2.16. The second kappa shape index (κ2) is 5.13. The molecule has 0 amide bonds. The molecule has 0 atom stereocenters. The zero-order chi connectivity index (χ0) is 10.5. The minimum atomic E-state index is -1.65. The van der Waals surface area contributed by atoms with Crippen LogP contribution >= 0.6 is 0 Å². The molecule has 1 radical (unpaired) electrons. The zero-order valence-corrected chi connectivity index (χ0v) is 10.0. The van der Waals surface area contributed by atoms with Crippen molar-refractivity contribution in [1.82, 2.24) is 0 Å². The summed E-state index contributed by atoms with van der Waals surface area (Å²) in [6.45, 7) is 0. The quantitative estimate of drug-likeness (QED) is 0.836. The summed E-state index contributed by atoms with van der Waals surface area (Å²) >= 11 is -1.65. The summed E-state index contributed by atoms with van der Waals surface area (Å²) in [6, 6.07) is 20.1. The fourth-order valence-corrected chi connectivity index (χ4v) is 3.80. The number of hydrogen-bond donors (Lipinski definition) is 1. The van der Waals surface area contributed by atoms with E-state index in [2.05, 4.69) is 12.1 Å². The molecule has 0 aromatic heterocycles. The van der Waals surface area contributed by atoms with E-state index in [9.17, 15) is 4.19 Å². The predicted molar refractivity (Wildman–Crippen MR) is 64.2 cm³/mol. The van der Waals surface area contributed by atoms with Gasteiger partial charge in [-0.1, -0.05) is 0 Å². The summed E-state index contributed by atoms with van der Waals surface area (Å²) in [5.41, 5.74) is 1.22. The van der Waals surface area contributed by atoms with Crippen molar-refractivity contribution in [3.05, 3.63) is 66.2 Å². The van der Waals surface area contributed by atoms with Crippen molar-refractivity contribution < 1.29 is 4.19 Å². The average Bonchev–Trinajstić information content (AvgIpc) is 2.31. The third kappa shape index (κ3) is 2.93. The Labute approximate surface area is 94.6 Å². The van der Waals surface area contributed by atoms with Gasteiger partial charge < -0.3 is 0 Å². The summed E-state index contributed by atoms with van der Waals surface area (Å²) < 4.78 is 11.2. The van der Waals surface area contributed by atoms with Crippen molar-refractivity contribution in [3.8, 4) is 0 Å². The average molecular weight is 264 g/mol. The summed E-state index contributed by atoms with van der Waals surface area (Å²) in [4.78, 5) is 0. The Morgan fingerprint density at radius 3 is 1.93 bits per heavy atom. The van der Waals surface area contributed by atoms with E-state index >= 15 is 0 Å². The molecule has 0 aliphatic rings. The van der Waals surface area contributed by atoms with Crippen LogP contribution < -0.4 is 4.46 Å². The summed E-state index contributed by atoms with van der Waals surface area (Å²) in [5, 5.41) is 0.796. The van der Waals surface area contributed by atoms with Gasteiger partial charge in [-0.3, -0.25) is 0 Å². The Morgan fingerprint density at radius 1 is 0.800 bits per heavy atom. The van der Waals surface area contributed by atoms with Crippen molar-refractivity contribution in [2.45, 2.75) is 5.32 Å². The second-order valence-corrected chi connectivity index (χ2v) is 6.43. The van der Waals surface area contributed by atoms with Gasteiger partial charge in [-0.05, 0) is 0 Å². The first-order valence-electron chi connectivity index (χ1n) is 4.85. The van der Waals surface area contributed by atoms with Crippen molar-refractivity contribution in [1.29, 1.82) is 0 Å². The van der Waals surface area contributed by atoms with Crippen LogP contribution in [0.5, 0.6) is 0 Å². The van der Waals surface area contributed by atoms with Gasteiger partial charge in [-0.15, -0.1) is 0 Å². The van der Waals surface area contributed by atoms with Crippen LogP contribution in [0.25, 0.3) is 0 Å². The van der Waals surface area contributed by atoms with Crippen LogP contribution in [0, 0.1) is 0 Å². The van der Waals surface area contributed by atoms with E-state index in [0.717, 1.165) is 9.78 Å². The maximum absolute atomic E-state index is 10.1. The summed E-state index contributed by atoms with van der Waals surface area (Å²) in [6.07, 6.45) is 0. The molecule has 2 aromatic rings. The minimum absolute atomic E-state index is 0.796. The Morgan fingerprint density at radius 2 is 1.33 bits per heavy atom.